The van der Waals surface area contributed by atoms with E-state index in [9.17, 15) is 9.59 Å². The van der Waals surface area contributed by atoms with Crippen molar-refractivity contribution in [3.8, 4) is 0 Å². The second-order valence-corrected chi connectivity index (χ2v) is 5.36. The summed E-state index contributed by atoms with van der Waals surface area (Å²) in [6, 6.07) is 8.29. The number of amides is 2. The third kappa shape index (κ3) is 0.900. The molecule has 1 aromatic carbocycles. The van der Waals surface area contributed by atoms with Gasteiger partial charge in [0.15, 0.2) is 0 Å². The van der Waals surface area contributed by atoms with Crippen LogP contribution >= 0.6 is 0 Å². The molecule has 0 aromatic heterocycles. The van der Waals surface area contributed by atoms with Gasteiger partial charge in [0.05, 0.1) is 11.8 Å². The van der Waals surface area contributed by atoms with E-state index in [0.29, 0.717) is 0 Å². The number of nitrogens with zero attached hydrogens (tertiary/aromatic N) is 1. The highest BCUT2D eigenvalue weighted by molar-refractivity contribution is 6.06. The van der Waals surface area contributed by atoms with Crippen molar-refractivity contribution in [3.05, 3.63) is 35.4 Å². The van der Waals surface area contributed by atoms with Crippen LogP contribution in [0.1, 0.15) is 29.4 Å². The van der Waals surface area contributed by atoms with Crippen molar-refractivity contribution >= 4 is 11.8 Å². The van der Waals surface area contributed by atoms with Gasteiger partial charge in [-0.15, -0.1) is 0 Å². The van der Waals surface area contributed by atoms with Crippen LogP contribution in [-0.4, -0.2) is 23.8 Å². The van der Waals surface area contributed by atoms with Crippen molar-refractivity contribution < 1.29 is 9.59 Å². The lowest BCUT2D eigenvalue weighted by Crippen LogP contribution is -2.27. The monoisotopic (exact) mass is 227 g/mol. The molecule has 3 heteroatoms. The molecule has 4 rings (SSSR count). The van der Waals surface area contributed by atoms with Crippen LogP contribution < -0.4 is 0 Å². The Morgan fingerprint density at radius 1 is 1.00 bits per heavy atom. The lowest BCUT2D eigenvalue weighted by molar-refractivity contribution is -0.138. The predicted octanol–water partition coefficient (Wildman–Crippen LogP) is 1.50. The molecular formula is C14H13NO2. The van der Waals surface area contributed by atoms with Gasteiger partial charge >= 0.3 is 0 Å². The second-order valence-electron chi connectivity index (χ2n) is 5.36. The van der Waals surface area contributed by atoms with E-state index in [0.717, 1.165) is 6.42 Å². The molecule has 3 aliphatic rings. The molecule has 17 heavy (non-hydrogen) atoms. The first-order valence-electron chi connectivity index (χ1n) is 6.10. The van der Waals surface area contributed by atoms with Gasteiger partial charge in [-0.05, 0) is 29.4 Å². The quantitative estimate of drug-likeness (QED) is 0.630. The molecule has 1 aromatic rings. The van der Waals surface area contributed by atoms with E-state index in [-0.39, 0.29) is 35.5 Å². The third-order valence-electron chi connectivity index (χ3n) is 4.79. The average molecular weight is 227 g/mol. The number of hydrogen-bond donors (Lipinski definition) is 0. The van der Waals surface area contributed by atoms with Gasteiger partial charge in [-0.3, -0.25) is 14.5 Å². The molecule has 1 aliphatic heterocycles. The number of rotatable bonds is 0. The van der Waals surface area contributed by atoms with E-state index in [1.807, 2.05) is 12.1 Å². The first kappa shape index (κ1) is 9.40. The van der Waals surface area contributed by atoms with E-state index in [1.165, 1.54) is 16.0 Å². The Hall–Kier alpha value is -1.64. The summed E-state index contributed by atoms with van der Waals surface area (Å²) in [7, 11) is 1.62. The zero-order valence-corrected chi connectivity index (χ0v) is 9.59. The van der Waals surface area contributed by atoms with Crippen molar-refractivity contribution in [2.45, 2.75) is 18.3 Å². The van der Waals surface area contributed by atoms with Crippen LogP contribution in [0, 0.1) is 11.8 Å². The summed E-state index contributed by atoms with van der Waals surface area (Å²) in [5.41, 5.74) is 2.60. The molecule has 2 bridgehead atoms. The summed E-state index contributed by atoms with van der Waals surface area (Å²) in [4.78, 5) is 25.5. The maximum Gasteiger partial charge on any atom is 0.233 e. The first-order valence-corrected chi connectivity index (χ1v) is 6.10. The van der Waals surface area contributed by atoms with Crippen molar-refractivity contribution in [1.29, 1.82) is 0 Å². The largest absolute Gasteiger partial charge is 0.285 e. The molecule has 0 N–H and O–H groups in total. The number of carbonyl (C=O) groups excluding carboxylic acids is 2. The van der Waals surface area contributed by atoms with Gasteiger partial charge in [0.25, 0.3) is 0 Å². The Bertz CT molecular complexity index is 504. The van der Waals surface area contributed by atoms with E-state index < -0.39 is 0 Å². The molecule has 2 amide bonds. The number of benzene rings is 1. The molecule has 1 saturated carbocycles. The molecule has 2 aliphatic carbocycles. The molecule has 1 heterocycles. The summed E-state index contributed by atoms with van der Waals surface area (Å²) in [6.45, 7) is 0. The molecule has 4 atom stereocenters. The van der Waals surface area contributed by atoms with E-state index in [2.05, 4.69) is 12.1 Å². The smallest absolute Gasteiger partial charge is 0.233 e. The fraction of sp³-hybridized carbons (Fsp3) is 0.429. The van der Waals surface area contributed by atoms with E-state index in [4.69, 9.17) is 0 Å². The molecule has 1 saturated heterocycles. The average Bonchev–Trinajstić information content (AvgIpc) is 2.97. The SMILES string of the molecule is CN1C(=O)[C@@H]2[C@H](C1=O)[C@H]1C[C@@H]2c2ccccc21. The summed E-state index contributed by atoms with van der Waals surface area (Å²) in [5, 5.41) is 0. The Morgan fingerprint density at radius 2 is 1.47 bits per heavy atom. The Balaban J connectivity index is 1.90. The summed E-state index contributed by atoms with van der Waals surface area (Å²) in [5.74, 6) is 0.467. The highest BCUT2D eigenvalue weighted by atomic mass is 16.2. The molecule has 0 radical (unpaired) electrons. The topological polar surface area (TPSA) is 37.4 Å². The Morgan fingerprint density at radius 3 is 1.94 bits per heavy atom. The van der Waals surface area contributed by atoms with Crippen molar-refractivity contribution in [1.82, 2.24) is 4.90 Å². The minimum atomic E-state index is -0.0765. The standard InChI is InChI=1S/C14H13NO2/c1-15-13(16)11-9-6-10(12(11)14(15)17)8-5-3-2-4-7(8)9/h2-5,9-12H,6H2,1H3/t9-,10+,11+,12-. The fourth-order valence-corrected chi connectivity index (χ4v) is 4.10. The zero-order valence-electron chi connectivity index (χ0n) is 9.59. The highest BCUT2D eigenvalue weighted by Gasteiger charge is 2.61. The number of likely N-dealkylation sites (tertiary alicyclic amines) is 1. The zero-order chi connectivity index (χ0) is 11.7. The molecule has 3 nitrogen and oxygen atoms in total. The van der Waals surface area contributed by atoms with Crippen molar-refractivity contribution in [2.24, 2.45) is 11.8 Å². The number of hydrogen-bond acceptors (Lipinski definition) is 2. The Labute approximate surface area is 99.4 Å². The predicted molar refractivity (Wildman–Crippen MR) is 61.3 cm³/mol. The lowest BCUT2D eigenvalue weighted by Gasteiger charge is -2.23. The van der Waals surface area contributed by atoms with Gasteiger partial charge in [-0.1, -0.05) is 24.3 Å². The maximum atomic E-state index is 12.1. The third-order valence-corrected chi connectivity index (χ3v) is 4.79. The van der Waals surface area contributed by atoms with Gasteiger partial charge in [0, 0.05) is 7.05 Å². The number of carbonyl (C=O) groups is 2. The molecule has 2 fully saturated rings. The van der Waals surface area contributed by atoms with Gasteiger partial charge in [0.2, 0.25) is 11.8 Å². The van der Waals surface area contributed by atoms with Crippen LogP contribution in [0.5, 0.6) is 0 Å². The van der Waals surface area contributed by atoms with Crippen LogP contribution in [0.3, 0.4) is 0 Å². The normalized spacial score (nSPS) is 37.6. The van der Waals surface area contributed by atoms with Crippen LogP contribution in [0.4, 0.5) is 0 Å². The van der Waals surface area contributed by atoms with Crippen molar-refractivity contribution in [3.63, 3.8) is 0 Å². The summed E-state index contributed by atoms with van der Waals surface area (Å²) in [6.07, 6.45) is 0.986. The first-order chi connectivity index (χ1) is 8.20. The molecule has 0 spiro atoms. The van der Waals surface area contributed by atoms with Gasteiger partial charge < -0.3 is 0 Å². The molecular weight excluding hydrogens is 214 g/mol. The number of imide groups is 1. The summed E-state index contributed by atoms with van der Waals surface area (Å²) < 4.78 is 0. The van der Waals surface area contributed by atoms with Crippen molar-refractivity contribution in [2.75, 3.05) is 7.05 Å². The fourth-order valence-electron chi connectivity index (χ4n) is 4.10. The van der Waals surface area contributed by atoms with Gasteiger partial charge in [0.1, 0.15) is 0 Å². The lowest BCUT2D eigenvalue weighted by atomic mass is 9.77. The molecule has 86 valence electrons. The van der Waals surface area contributed by atoms with E-state index in [1.54, 1.807) is 7.05 Å². The van der Waals surface area contributed by atoms with Crippen LogP contribution in [0.2, 0.25) is 0 Å². The van der Waals surface area contributed by atoms with Crippen LogP contribution in [-0.2, 0) is 9.59 Å². The minimum absolute atomic E-state index is 0.0296. The summed E-state index contributed by atoms with van der Waals surface area (Å²) >= 11 is 0. The highest BCUT2D eigenvalue weighted by Crippen LogP contribution is 2.61. The van der Waals surface area contributed by atoms with Gasteiger partial charge in [-0.2, -0.15) is 0 Å². The van der Waals surface area contributed by atoms with Gasteiger partial charge in [-0.25, -0.2) is 0 Å². The second kappa shape index (κ2) is 2.78. The maximum absolute atomic E-state index is 12.1. The Kier molecular flexibility index (Phi) is 1.54. The minimum Gasteiger partial charge on any atom is -0.285 e. The van der Waals surface area contributed by atoms with E-state index >= 15 is 0 Å². The van der Waals surface area contributed by atoms with Crippen LogP contribution in [0.15, 0.2) is 24.3 Å². The molecule has 0 unspecified atom stereocenters. The number of fused-ring (bicyclic) bond motifs is 8. The van der Waals surface area contributed by atoms with Crippen LogP contribution in [0.25, 0.3) is 0 Å².